The number of carbonyl (C=O) groups is 2. The number of alkyl halides is 3. The minimum Gasteiger partial charge on any atom is -0.406 e. The van der Waals surface area contributed by atoms with Crippen molar-refractivity contribution in [3.63, 3.8) is 0 Å². The molecule has 158 valence electrons. The van der Waals surface area contributed by atoms with Crippen LogP contribution in [0.25, 0.3) is 5.57 Å². The van der Waals surface area contributed by atoms with Crippen molar-refractivity contribution in [3.05, 3.63) is 81.6 Å². The Morgan fingerprint density at radius 3 is 2.26 bits per heavy atom. The van der Waals surface area contributed by atoms with Gasteiger partial charge >= 0.3 is 6.36 Å². The second-order valence-electron chi connectivity index (χ2n) is 6.32. The molecule has 1 aromatic heterocycles. The molecule has 0 unspecified atom stereocenters. The Hall–Kier alpha value is -3.30. The summed E-state index contributed by atoms with van der Waals surface area (Å²) in [5.74, 6) is -1.59. The van der Waals surface area contributed by atoms with Crippen LogP contribution in [-0.4, -0.2) is 18.2 Å². The van der Waals surface area contributed by atoms with Gasteiger partial charge in [0, 0.05) is 10.6 Å². The van der Waals surface area contributed by atoms with Gasteiger partial charge in [-0.2, -0.15) is 0 Å². The minimum atomic E-state index is -4.81. The van der Waals surface area contributed by atoms with Gasteiger partial charge in [0.05, 0.1) is 16.3 Å². The molecule has 0 saturated heterocycles. The van der Waals surface area contributed by atoms with Crippen LogP contribution in [0.3, 0.4) is 0 Å². The molecule has 1 aliphatic heterocycles. The number of hydrogen-bond acceptors (Lipinski definition) is 5. The number of halogens is 4. The molecule has 2 heterocycles. The molecule has 5 nitrogen and oxygen atoms in total. The third-order valence-electron chi connectivity index (χ3n) is 4.30. The highest BCUT2D eigenvalue weighted by Crippen LogP contribution is 2.38. The summed E-state index contributed by atoms with van der Waals surface area (Å²) >= 11 is 7.47. The van der Waals surface area contributed by atoms with E-state index in [1.165, 1.54) is 23.5 Å². The van der Waals surface area contributed by atoms with E-state index < -0.39 is 23.9 Å². The highest BCUT2D eigenvalue weighted by Gasteiger charge is 2.41. The molecule has 2 aromatic carbocycles. The van der Waals surface area contributed by atoms with E-state index in [-0.39, 0.29) is 22.0 Å². The largest absolute Gasteiger partial charge is 0.573 e. The third kappa shape index (κ3) is 4.28. The first-order valence-electron chi connectivity index (χ1n) is 8.79. The van der Waals surface area contributed by atoms with E-state index in [0.717, 1.165) is 17.0 Å². The predicted molar refractivity (Wildman–Crippen MR) is 112 cm³/mol. The van der Waals surface area contributed by atoms with Crippen molar-refractivity contribution in [3.8, 4) is 5.75 Å². The van der Waals surface area contributed by atoms with E-state index in [4.69, 9.17) is 11.6 Å². The van der Waals surface area contributed by atoms with Gasteiger partial charge in [-0.25, -0.2) is 4.90 Å². The van der Waals surface area contributed by atoms with E-state index in [0.29, 0.717) is 10.6 Å². The average molecular weight is 465 g/mol. The molecule has 1 N–H and O–H groups in total. The number of nitrogens with one attached hydrogen (secondary N) is 1. The lowest BCUT2D eigenvalue weighted by Crippen LogP contribution is -2.32. The lowest BCUT2D eigenvalue weighted by molar-refractivity contribution is -0.274. The highest BCUT2D eigenvalue weighted by atomic mass is 35.5. The molecule has 2 amide bonds. The molecule has 0 aliphatic carbocycles. The number of para-hydroxylation sites is 1. The number of imide groups is 1. The van der Waals surface area contributed by atoms with Crippen molar-refractivity contribution in [2.24, 2.45) is 0 Å². The third-order valence-corrected chi connectivity index (χ3v) is 5.51. The molecule has 3 aromatic rings. The molecule has 31 heavy (non-hydrogen) atoms. The van der Waals surface area contributed by atoms with Gasteiger partial charge in [-0.3, -0.25) is 9.59 Å². The molecular weight excluding hydrogens is 453 g/mol. The van der Waals surface area contributed by atoms with Crippen LogP contribution in [0.1, 0.15) is 4.88 Å². The van der Waals surface area contributed by atoms with Gasteiger partial charge in [0.1, 0.15) is 11.4 Å². The second kappa shape index (κ2) is 8.09. The van der Waals surface area contributed by atoms with Crippen molar-refractivity contribution < 1.29 is 27.5 Å². The van der Waals surface area contributed by atoms with Crippen LogP contribution in [-0.2, 0) is 9.59 Å². The zero-order valence-corrected chi connectivity index (χ0v) is 17.0. The Kier molecular flexibility index (Phi) is 5.47. The Morgan fingerprint density at radius 1 is 0.935 bits per heavy atom. The fourth-order valence-electron chi connectivity index (χ4n) is 3.03. The lowest BCUT2D eigenvalue weighted by Gasteiger charge is -2.16. The van der Waals surface area contributed by atoms with Gasteiger partial charge in [-0.15, -0.1) is 24.5 Å². The number of ether oxygens (including phenoxy) is 1. The van der Waals surface area contributed by atoms with Crippen LogP contribution in [0, 0.1) is 0 Å². The summed E-state index contributed by atoms with van der Waals surface area (Å²) < 4.78 is 41.0. The van der Waals surface area contributed by atoms with Crippen molar-refractivity contribution in [1.82, 2.24) is 0 Å². The normalized spacial score (nSPS) is 14.4. The zero-order chi connectivity index (χ0) is 22.2. The standard InChI is InChI=1S/C21H12ClF3N2O3S/c22-14-4-1-2-5-15(14)27-19(28)17(16-6-3-11-31-16)18(20(27)29)26-12-7-9-13(10-8-12)30-21(23,24)25/h1-11,26H. The fourth-order valence-corrected chi connectivity index (χ4v) is 4.02. The van der Waals surface area contributed by atoms with Crippen LogP contribution in [0.5, 0.6) is 5.75 Å². The summed E-state index contributed by atoms with van der Waals surface area (Å²) in [6, 6.07) is 14.7. The van der Waals surface area contributed by atoms with Crippen LogP contribution >= 0.6 is 22.9 Å². The number of rotatable bonds is 5. The highest BCUT2D eigenvalue weighted by molar-refractivity contribution is 7.11. The van der Waals surface area contributed by atoms with E-state index in [1.54, 1.807) is 41.8 Å². The van der Waals surface area contributed by atoms with Crippen LogP contribution < -0.4 is 15.0 Å². The van der Waals surface area contributed by atoms with E-state index in [9.17, 15) is 22.8 Å². The Bertz CT molecular complexity index is 1180. The van der Waals surface area contributed by atoms with E-state index >= 15 is 0 Å². The number of anilines is 2. The number of amides is 2. The van der Waals surface area contributed by atoms with Crippen molar-refractivity contribution in [2.75, 3.05) is 10.2 Å². The Balaban J connectivity index is 1.70. The molecule has 0 saturated carbocycles. The van der Waals surface area contributed by atoms with Crippen LogP contribution in [0.4, 0.5) is 24.5 Å². The summed E-state index contributed by atoms with van der Waals surface area (Å²) in [6.07, 6.45) is -4.81. The summed E-state index contributed by atoms with van der Waals surface area (Å²) in [5.41, 5.74) is 0.687. The van der Waals surface area contributed by atoms with Crippen LogP contribution in [0.15, 0.2) is 71.7 Å². The second-order valence-corrected chi connectivity index (χ2v) is 7.68. The number of carbonyl (C=O) groups excluding carboxylic acids is 2. The SMILES string of the molecule is O=C1C(Nc2ccc(OC(F)(F)F)cc2)=C(c2cccs2)C(=O)N1c1ccccc1Cl. The van der Waals surface area contributed by atoms with E-state index in [1.807, 2.05) is 0 Å². The molecular formula is C21H12ClF3N2O3S. The first-order chi connectivity index (χ1) is 14.7. The van der Waals surface area contributed by atoms with Gasteiger partial charge in [0.25, 0.3) is 11.8 Å². The minimum absolute atomic E-state index is 0.00291. The molecule has 0 spiro atoms. The Morgan fingerprint density at radius 2 is 1.65 bits per heavy atom. The maximum Gasteiger partial charge on any atom is 0.573 e. The fraction of sp³-hybridized carbons (Fsp3) is 0.0476. The molecule has 0 atom stereocenters. The molecule has 1 aliphatic rings. The van der Waals surface area contributed by atoms with Gasteiger partial charge < -0.3 is 10.1 Å². The summed E-state index contributed by atoms with van der Waals surface area (Å²) in [7, 11) is 0. The van der Waals surface area contributed by atoms with Crippen molar-refractivity contribution in [1.29, 1.82) is 0 Å². The summed E-state index contributed by atoms with van der Waals surface area (Å²) in [5, 5.41) is 4.85. The first kappa shape index (κ1) is 21.0. The number of hydrogen-bond donors (Lipinski definition) is 1. The summed E-state index contributed by atoms with van der Waals surface area (Å²) in [4.78, 5) is 27.9. The summed E-state index contributed by atoms with van der Waals surface area (Å²) in [6.45, 7) is 0. The molecule has 0 bridgehead atoms. The smallest absolute Gasteiger partial charge is 0.406 e. The van der Waals surface area contributed by atoms with E-state index in [2.05, 4.69) is 10.1 Å². The number of thiophene rings is 1. The monoisotopic (exact) mass is 464 g/mol. The zero-order valence-electron chi connectivity index (χ0n) is 15.4. The topological polar surface area (TPSA) is 58.6 Å². The maximum atomic E-state index is 13.2. The predicted octanol–water partition coefficient (Wildman–Crippen LogP) is 5.70. The quantitative estimate of drug-likeness (QED) is 0.492. The number of benzene rings is 2. The molecule has 0 fully saturated rings. The van der Waals surface area contributed by atoms with Gasteiger partial charge in [0.15, 0.2) is 0 Å². The van der Waals surface area contributed by atoms with Gasteiger partial charge in [-0.1, -0.05) is 29.8 Å². The lowest BCUT2D eigenvalue weighted by atomic mass is 10.2. The number of nitrogens with zero attached hydrogens (tertiary/aromatic N) is 1. The van der Waals surface area contributed by atoms with Gasteiger partial charge in [-0.05, 0) is 47.8 Å². The Labute approximate surface area is 183 Å². The van der Waals surface area contributed by atoms with Crippen molar-refractivity contribution >= 4 is 51.7 Å². The first-order valence-corrected chi connectivity index (χ1v) is 10.0. The van der Waals surface area contributed by atoms with Gasteiger partial charge in [0.2, 0.25) is 0 Å². The molecule has 10 heteroatoms. The maximum absolute atomic E-state index is 13.2. The molecule has 0 radical (unpaired) electrons. The molecule has 4 rings (SSSR count). The van der Waals surface area contributed by atoms with Crippen LogP contribution in [0.2, 0.25) is 5.02 Å². The average Bonchev–Trinajstić information content (AvgIpc) is 3.30. The van der Waals surface area contributed by atoms with Crippen molar-refractivity contribution in [2.45, 2.75) is 6.36 Å².